The quantitative estimate of drug-likeness (QED) is 0.482. The van der Waals surface area contributed by atoms with E-state index in [1.165, 1.54) is 5.56 Å². The van der Waals surface area contributed by atoms with E-state index in [2.05, 4.69) is 61.9 Å². The van der Waals surface area contributed by atoms with Gasteiger partial charge in [-0.2, -0.15) is 4.98 Å². The molecule has 1 saturated heterocycles. The second kappa shape index (κ2) is 9.49. The minimum atomic E-state index is 0.151. The fraction of sp³-hybridized carbons (Fsp3) is 0.318. The number of halogens is 1. The fourth-order valence-corrected chi connectivity index (χ4v) is 3.80. The predicted octanol–water partition coefficient (Wildman–Crippen LogP) is 3.62. The minimum Gasteiger partial charge on any atom is -0.340 e. The molecule has 29 heavy (non-hydrogen) atoms. The second-order valence-corrected chi connectivity index (χ2v) is 8.41. The molecule has 1 amide bonds. The average Bonchev–Trinajstić information content (AvgIpc) is 3.23. The molecule has 0 N–H and O–H groups in total. The molecule has 2 heterocycles. The van der Waals surface area contributed by atoms with E-state index < -0.39 is 0 Å². The monoisotopic (exact) mass is 502 g/mol. The SMILES string of the molecule is O=C(CCc1nc(-c2ccc(I)cc2)no1)N1CCN(Cc2ccccc2)CC1. The molecule has 0 aliphatic carbocycles. The number of piperazine rings is 1. The van der Waals surface area contributed by atoms with Crippen LogP contribution in [0.15, 0.2) is 59.1 Å². The Labute approximate surface area is 184 Å². The minimum absolute atomic E-state index is 0.151. The van der Waals surface area contributed by atoms with Crippen molar-refractivity contribution in [3.8, 4) is 11.4 Å². The number of benzene rings is 2. The largest absolute Gasteiger partial charge is 0.340 e. The van der Waals surface area contributed by atoms with Crippen molar-refractivity contribution in [2.75, 3.05) is 26.2 Å². The third kappa shape index (κ3) is 5.42. The summed E-state index contributed by atoms with van der Waals surface area (Å²) in [6, 6.07) is 18.4. The van der Waals surface area contributed by atoms with E-state index in [0.29, 0.717) is 24.6 Å². The van der Waals surface area contributed by atoms with Gasteiger partial charge >= 0.3 is 0 Å². The van der Waals surface area contributed by atoms with Crippen LogP contribution >= 0.6 is 22.6 Å². The number of amides is 1. The molecule has 150 valence electrons. The van der Waals surface area contributed by atoms with Crippen molar-refractivity contribution in [1.29, 1.82) is 0 Å². The van der Waals surface area contributed by atoms with Crippen molar-refractivity contribution >= 4 is 28.5 Å². The Hall–Kier alpha value is -2.26. The number of hydrogen-bond donors (Lipinski definition) is 0. The molecule has 0 atom stereocenters. The number of rotatable bonds is 6. The summed E-state index contributed by atoms with van der Waals surface area (Å²) in [5, 5.41) is 4.04. The van der Waals surface area contributed by atoms with Crippen molar-refractivity contribution in [2.45, 2.75) is 19.4 Å². The van der Waals surface area contributed by atoms with Gasteiger partial charge in [-0.1, -0.05) is 47.6 Å². The Kier molecular flexibility index (Phi) is 6.56. The van der Waals surface area contributed by atoms with E-state index in [9.17, 15) is 4.79 Å². The lowest BCUT2D eigenvalue weighted by atomic mass is 10.2. The first-order valence-electron chi connectivity index (χ1n) is 9.80. The highest BCUT2D eigenvalue weighted by atomic mass is 127. The van der Waals surface area contributed by atoms with Gasteiger partial charge < -0.3 is 9.42 Å². The smallest absolute Gasteiger partial charge is 0.227 e. The molecule has 3 aromatic rings. The summed E-state index contributed by atoms with van der Waals surface area (Å²) >= 11 is 2.26. The number of nitrogens with zero attached hydrogens (tertiary/aromatic N) is 4. The molecular weight excluding hydrogens is 479 g/mol. The van der Waals surface area contributed by atoms with Crippen LogP contribution in [-0.2, 0) is 17.8 Å². The summed E-state index contributed by atoms with van der Waals surface area (Å²) in [7, 11) is 0. The van der Waals surface area contributed by atoms with Crippen molar-refractivity contribution in [2.24, 2.45) is 0 Å². The van der Waals surface area contributed by atoms with Crippen LogP contribution in [0.1, 0.15) is 17.9 Å². The maximum absolute atomic E-state index is 12.6. The first kappa shape index (κ1) is 20.0. The van der Waals surface area contributed by atoms with Crippen molar-refractivity contribution in [1.82, 2.24) is 19.9 Å². The summed E-state index contributed by atoms with van der Waals surface area (Å²) in [5.41, 5.74) is 2.23. The molecule has 1 aliphatic heterocycles. The fourth-order valence-electron chi connectivity index (χ4n) is 3.44. The van der Waals surface area contributed by atoms with E-state index in [1.807, 2.05) is 35.2 Å². The molecule has 6 nitrogen and oxygen atoms in total. The average molecular weight is 502 g/mol. The predicted molar refractivity (Wildman–Crippen MR) is 119 cm³/mol. The van der Waals surface area contributed by atoms with Gasteiger partial charge in [0.15, 0.2) is 0 Å². The molecular formula is C22H23IN4O2. The Morgan fingerprint density at radius 2 is 1.72 bits per heavy atom. The number of aromatic nitrogens is 2. The number of carbonyl (C=O) groups excluding carboxylic acids is 1. The van der Waals surface area contributed by atoms with Gasteiger partial charge in [0, 0.05) is 54.7 Å². The molecule has 0 spiro atoms. The molecule has 1 aromatic heterocycles. The second-order valence-electron chi connectivity index (χ2n) is 7.16. The van der Waals surface area contributed by atoms with Gasteiger partial charge in [0.05, 0.1) is 0 Å². The molecule has 2 aromatic carbocycles. The first-order valence-corrected chi connectivity index (χ1v) is 10.9. The van der Waals surface area contributed by atoms with Crippen LogP contribution in [0.3, 0.4) is 0 Å². The van der Waals surface area contributed by atoms with Gasteiger partial charge in [-0.15, -0.1) is 0 Å². The molecule has 7 heteroatoms. The molecule has 1 fully saturated rings. The number of carbonyl (C=O) groups is 1. The van der Waals surface area contributed by atoms with Crippen LogP contribution in [0.25, 0.3) is 11.4 Å². The molecule has 0 radical (unpaired) electrons. The van der Waals surface area contributed by atoms with Gasteiger partial charge in [-0.05, 0) is 40.3 Å². The van der Waals surface area contributed by atoms with Crippen LogP contribution in [0.5, 0.6) is 0 Å². The highest BCUT2D eigenvalue weighted by molar-refractivity contribution is 14.1. The summed E-state index contributed by atoms with van der Waals surface area (Å²) in [6.45, 7) is 4.27. The lowest BCUT2D eigenvalue weighted by molar-refractivity contribution is -0.133. The summed E-state index contributed by atoms with van der Waals surface area (Å²) < 4.78 is 6.49. The highest BCUT2D eigenvalue weighted by Gasteiger charge is 2.21. The standard InChI is InChI=1S/C22H23IN4O2/c23-19-8-6-18(7-9-19)22-24-20(29-25-22)10-11-21(28)27-14-12-26(13-15-27)16-17-4-2-1-3-5-17/h1-9H,10-16H2. The zero-order chi connectivity index (χ0) is 20.1. The lowest BCUT2D eigenvalue weighted by Crippen LogP contribution is -2.48. The van der Waals surface area contributed by atoms with Crippen LogP contribution in [0.4, 0.5) is 0 Å². The van der Waals surface area contributed by atoms with Crippen molar-refractivity contribution in [3.63, 3.8) is 0 Å². The lowest BCUT2D eigenvalue weighted by Gasteiger charge is -2.34. The van der Waals surface area contributed by atoms with Gasteiger partial charge in [0.25, 0.3) is 0 Å². The maximum atomic E-state index is 12.6. The van der Waals surface area contributed by atoms with Gasteiger partial charge in [0.1, 0.15) is 0 Å². The third-order valence-electron chi connectivity index (χ3n) is 5.10. The summed E-state index contributed by atoms with van der Waals surface area (Å²) in [6.07, 6.45) is 0.868. The zero-order valence-electron chi connectivity index (χ0n) is 16.1. The zero-order valence-corrected chi connectivity index (χ0v) is 18.3. The van der Waals surface area contributed by atoms with E-state index in [0.717, 1.165) is 41.9 Å². The molecule has 0 unspecified atom stereocenters. The van der Waals surface area contributed by atoms with Gasteiger partial charge in [-0.3, -0.25) is 9.69 Å². The molecule has 0 bridgehead atoms. The Balaban J connectivity index is 1.24. The summed E-state index contributed by atoms with van der Waals surface area (Å²) in [4.78, 5) is 21.3. The molecule has 4 rings (SSSR count). The molecule has 1 aliphatic rings. The van der Waals surface area contributed by atoms with E-state index in [1.54, 1.807) is 0 Å². The van der Waals surface area contributed by atoms with Crippen LogP contribution in [0, 0.1) is 3.57 Å². The topological polar surface area (TPSA) is 62.5 Å². The Morgan fingerprint density at radius 3 is 2.45 bits per heavy atom. The van der Waals surface area contributed by atoms with Crippen molar-refractivity contribution < 1.29 is 9.32 Å². The Bertz CT molecular complexity index is 935. The normalized spacial score (nSPS) is 14.9. The van der Waals surface area contributed by atoms with Gasteiger partial charge in [-0.25, -0.2) is 0 Å². The van der Waals surface area contributed by atoms with Crippen molar-refractivity contribution in [3.05, 3.63) is 69.6 Å². The summed E-state index contributed by atoms with van der Waals surface area (Å²) in [5.74, 6) is 1.23. The number of aryl methyl sites for hydroxylation is 1. The molecule has 0 saturated carbocycles. The maximum Gasteiger partial charge on any atom is 0.227 e. The van der Waals surface area contributed by atoms with Crippen LogP contribution in [-0.4, -0.2) is 52.0 Å². The number of hydrogen-bond acceptors (Lipinski definition) is 5. The van der Waals surface area contributed by atoms with E-state index >= 15 is 0 Å². The third-order valence-corrected chi connectivity index (χ3v) is 5.82. The van der Waals surface area contributed by atoms with Gasteiger partial charge in [0.2, 0.25) is 17.6 Å². The van der Waals surface area contributed by atoms with E-state index in [-0.39, 0.29) is 5.91 Å². The van der Waals surface area contributed by atoms with E-state index in [4.69, 9.17) is 4.52 Å². The Morgan fingerprint density at radius 1 is 1.00 bits per heavy atom. The first-order chi connectivity index (χ1) is 14.2. The van der Waals surface area contributed by atoms with Crippen LogP contribution in [0.2, 0.25) is 0 Å². The highest BCUT2D eigenvalue weighted by Crippen LogP contribution is 2.18. The van der Waals surface area contributed by atoms with Crippen LogP contribution < -0.4 is 0 Å².